The summed E-state index contributed by atoms with van der Waals surface area (Å²) >= 11 is 7.35. The van der Waals surface area contributed by atoms with Crippen molar-refractivity contribution in [2.75, 3.05) is 13.6 Å². The number of methoxy groups -OCH3 is 1. The molecule has 1 aromatic carbocycles. The number of hydrogen-bond acceptors (Lipinski definition) is 6. The van der Waals surface area contributed by atoms with E-state index in [1.807, 2.05) is 0 Å². The SMILES string of the molecule is O=S(=O)(O)O.[2H]c1sc2c(c1[2H])CN(C(C(=O)OC([2H])([2H])[2H])c1c([2H])c([2H])c([2H])c([2H])c1Cl)CC2. The number of esters is 1. The molecule has 0 radical (unpaired) electrons. The summed E-state index contributed by atoms with van der Waals surface area (Å²) in [6, 6.07) is -3.85. The van der Waals surface area contributed by atoms with Crippen LogP contribution in [0.3, 0.4) is 0 Å². The van der Waals surface area contributed by atoms with Crippen molar-refractivity contribution in [3.63, 3.8) is 0 Å². The monoisotopic (exact) mass is 428 g/mol. The molecule has 0 saturated heterocycles. The standard InChI is InChI=1S/C16H16ClNO2S.H2O4S/c1-20-16(19)15(12-4-2-3-5-13(12)17)18-8-6-14-11(10-18)7-9-21-14;1-5(2,3)4/h2-5,7,9,15H,6,8,10H2,1H3;(H2,1,2,3,4)/i1D3,2D,3D,4D,5D,7D,9D;. The zero-order chi connectivity index (χ0) is 27.0. The van der Waals surface area contributed by atoms with E-state index in [-0.39, 0.29) is 30.1 Å². The van der Waals surface area contributed by atoms with Crippen molar-refractivity contribution in [1.29, 1.82) is 0 Å². The molecule has 2 heterocycles. The van der Waals surface area contributed by atoms with Crippen LogP contribution in [0.5, 0.6) is 0 Å². The lowest BCUT2D eigenvalue weighted by Gasteiger charge is -2.33. The van der Waals surface area contributed by atoms with Crippen LogP contribution in [0.15, 0.2) is 35.6 Å². The zero-order valence-corrected chi connectivity index (χ0v) is 15.3. The summed E-state index contributed by atoms with van der Waals surface area (Å²) in [7, 11) is -7.73. The Morgan fingerprint density at radius 2 is 2.12 bits per heavy atom. The number of halogens is 1. The molecular formula is C16H18ClNO6S2. The van der Waals surface area contributed by atoms with Crippen molar-refractivity contribution in [1.82, 2.24) is 4.90 Å². The molecule has 0 aliphatic carbocycles. The van der Waals surface area contributed by atoms with Gasteiger partial charge in [-0.05, 0) is 35.0 Å². The largest absolute Gasteiger partial charge is 0.468 e. The lowest BCUT2D eigenvalue weighted by atomic mass is 10.0. The van der Waals surface area contributed by atoms with E-state index in [1.54, 1.807) is 0 Å². The van der Waals surface area contributed by atoms with Gasteiger partial charge in [-0.2, -0.15) is 8.42 Å². The molecule has 0 saturated carbocycles. The summed E-state index contributed by atoms with van der Waals surface area (Å²) in [5.41, 5.74) is 0.230. The highest BCUT2D eigenvalue weighted by atomic mass is 35.5. The topological polar surface area (TPSA) is 104 Å². The molecule has 0 bridgehead atoms. The maximum atomic E-state index is 12.9. The first-order chi connectivity index (χ1) is 15.8. The summed E-state index contributed by atoms with van der Waals surface area (Å²) in [5.74, 6) is -1.24. The Morgan fingerprint density at radius 1 is 1.42 bits per heavy atom. The molecule has 1 unspecified atom stereocenters. The second-order valence-corrected chi connectivity index (χ2v) is 7.13. The number of nitrogens with zero attached hydrogens (tertiary/aromatic N) is 1. The molecule has 1 aliphatic heterocycles. The second-order valence-electron chi connectivity index (χ2n) is 4.95. The third kappa shape index (κ3) is 5.76. The molecule has 7 nitrogen and oxygen atoms in total. The first-order valence-electron chi connectivity index (χ1n) is 11.3. The molecule has 0 fully saturated rings. The third-order valence-electron chi connectivity index (χ3n) is 3.33. The van der Waals surface area contributed by atoms with Crippen molar-refractivity contribution in [3.8, 4) is 0 Å². The second kappa shape index (κ2) is 8.94. The highest BCUT2D eigenvalue weighted by molar-refractivity contribution is 7.79. The van der Waals surface area contributed by atoms with E-state index in [0.717, 1.165) is 16.2 Å². The van der Waals surface area contributed by atoms with Crippen LogP contribution in [0, 0.1) is 0 Å². The minimum absolute atomic E-state index is 0.00335. The van der Waals surface area contributed by atoms with E-state index < -0.39 is 58.6 Å². The Kier molecular flexibility index (Phi) is 3.91. The van der Waals surface area contributed by atoms with Gasteiger partial charge in [0.25, 0.3) is 0 Å². The van der Waals surface area contributed by atoms with Crippen molar-refractivity contribution >= 4 is 39.3 Å². The van der Waals surface area contributed by atoms with Crippen LogP contribution in [0.2, 0.25) is 5.02 Å². The molecule has 1 aliphatic rings. The summed E-state index contributed by atoms with van der Waals surface area (Å²) in [4.78, 5) is 15.1. The lowest BCUT2D eigenvalue weighted by Crippen LogP contribution is -2.38. The normalized spacial score (nSPS) is 20.8. The summed E-state index contributed by atoms with van der Waals surface area (Å²) < 4.78 is 106. The van der Waals surface area contributed by atoms with E-state index in [1.165, 1.54) is 4.90 Å². The number of thiophene rings is 1. The van der Waals surface area contributed by atoms with Crippen LogP contribution < -0.4 is 0 Å². The van der Waals surface area contributed by atoms with Gasteiger partial charge in [0, 0.05) is 23.0 Å². The molecular weight excluding hydrogens is 402 g/mol. The van der Waals surface area contributed by atoms with Crippen molar-refractivity contribution in [2.45, 2.75) is 19.0 Å². The van der Waals surface area contributed by atoms with E-state index in [0.29, 0.717) is 12.0 Å². The van der Waals surface area contributed by atoms with Gasteiger partial charge in [-0.3, -0.25) is 14.0 Å². The molecule has 142 valence electrons. The van der Waals surface area contributed by atoms with Gasteiger partial charge in [-0.1, -0.05) is 29.7 Å². The Balaban J connectivity index is 0.000000784. The predicted molar refractivity (Wildman–Crippen MR) is 98.8 cm³/mol. The number of hydrogen-bond donors (Lipinski definition) is 2. The Labute approximate surface area is 173 Å². The summed E-state index contributed by atoms with van der Waals surface area (Å²) in [5, 5.41) is -0.333. The molecule has 2 N–H and O–H groups in total. The first kappa shape index (κ1) is 11.4. The van der Waals surface area contributed by atoms with Gasteiger partial charge >= 0.3 is 16.4 Å². The van der Waals surface area contributed by atoms with E-state index in [4.69, 9.17) is 41.5 Å². The average Bonchev–Trinajstić information content (AvgIpc) is 2.99. The lowest BCUT2D eigenvalue weighted by molar-refractivity contribution is -0.147. The van der Waals surface area contributed by atoms with Gasteiger partial charge in [0.15, 0.2) is 0 Å². The predicted octanol–water partition coefficient (Wildman–Crippen LogP) is 3.02. The zero-order valence-electron chi connectivity index (χ0n) is 21.9. The smallest absolute Gasteiger partial charge is 0.394 e. The number of carbonyl (C=O) groups is 1. The minimum Gasteiger partial charge on any atom is -0.468 e. The van der Waals surface area contributed by atoms with E-state index in [2.05, 4.69) is 4.74 Å². The molecule has 1 atom stereocenters. The maximum Gasteiger partial charge on any atom is 0.394 e. The highest BCUT2D eigenvalue weighted by Crippen LogP contribution is 2.33. The maximum absolute atomic E-state index is 12.9. The highest BCUT2D eigenvalue weighted by Gasteiger charge is 2.32. The fraction of sp³-hybridized carbons (Fsp3) is 0.312. The van der Waals surface area contributed by atoms with Crippen molar-refractivity contribution in [2.24, 2.45) is 0 Å². The van der Waals surface area contributed by atoms with Crippen LogP contribution in [-0.2, 0) is 32.9 Å². The Morgan fingerprint density at radius 3 is 2.81 bits per heavy atom. The Bertz CT molecular complexity index is 1210. The first-order valence-corrected chi connectivity index (χ1v) is 9.42. The molecule has 0 amide bonds. The molecule has 10 heteroatoms. The van der Waals surface area contributed by atoms with E-state index >= 15 is 0 Å². The number of ether oxygens (including phenoxy) is 1. The van der Waals surface area contributed by atoms with Crippen LogP contribution in [-0.4, -0.2) is 42.0 Å². The van der Waals surface area contributed by atoms with Gasteiger partial charge in [-0.25, -0.2) is 4.79 Å². The van der Waals surface area contributed by atoms with Gasteiger partial charge in [0.05, 0.1) is 19.4 Å². The van der Waals surface area contributed by atoms with Gasteiger partial charge in [0.2, 0.25) is 0 Å². The van der Waals surface area contributed by atoms with Crippen LogP contribution in [0.25, 0.3) is 0 Å². The van der Waals surface area contributed by atoms with Crippen molar-refractivity contribution in [3.05, 3.63) is 56.6 Å². The molecule has 26 heavy (non-hydrogen) atoms. The fourth-order valence-electron chi connectivity index (χ4n) is 2.36. The van der Waals surface area contributed by atoms with Gasteiger partial charge in [-0.15, -0.1) is 11.3 Å². The number of benzene rings is 1. The van der Waals surface area contributed by atoms with Crippen LogP contribution in [0.4, 0.5) is 0 Å². The molecule has 2 aromatic rings. The van der Waals surface area contributed by atoms with Crippen LogP contribution >= 0.6 is 22.9 Å². The van der Waals surface area contributed by atoms with Gasteiger partial charge < -0.3 is 4.74 Å². The molecule has 3 rings (SSSR count). The summed E-state index contributed by atoms with van der Waals surface area (Å²) in [6.45, 7) is 0.218. The quantitative estimate of drug-likeness (QED) is 0.571. The number of rotatable bonds is 3. The van der Waals surface area contributed by atoms with Crippen LogP contribution in [0.1, 0.15) is 34.4 Å². The Hall–Kier alpha value is -1.49. The fourth-order valence-corrected chi connectivity index (χ4v) is 3.29. The molecule has 0 spiro atoms. The number of carbonyl (C=O) groups excluding carboxylic acids is 1. The number of fused-ring (bicyclic) bond motifs is 1. The molecule has 1 aromatic heterocycles. The third-order valence-corrected chi connectivity index (χ3v) is 4.53. The summed E-state index contributed by atoms with van der Waals surface area (Å²) in [6.07, 6.45) is 0.380. The minimum atomic E-state index is -4.67. The van der Waals surface area contributed by atoms with Gasteiger partial charge in [0.1, 0.15) is 6.04 Å². The van der Waals surface area contributed by atoms with Crippen molar-refractivity contribution < 1.29 is 39.4 Å². The van der Waals surface area contributed by atoms with E-state index in [9.17, 15) is 4.79 Å². The average molecular weight is 429 g/mol.